The minimum Gasteiger partial charge on any atom is -0.493 e. The molecule has 1 saturated heterocycles. The van der Waals surface area contributed by atoms with Crippen molar-refractivity contribution in [3.63, 3.8) is 0 Å². The fraction of sp³-hybridized carbons (Fsp3) is 0.391. The van der Waals surface area contributed by atoms with Gasteiger partial charge in [-0.2, -0.15) is 0 Å². The molecule has 0 aliphatic carbocycles. The van der Waals surface area contributed by atoms with Crippen LogP contribution in [0.1, 0.15) is 25.3 Å². The van der Waals surface area contributed by atoms with Crippen molar-refractivity contribution in [3.05, 3.63) is 47.8 Å². The molecule has 1 fully saturated rings. The zero-order chi connectivity index (χ0) is 22.6. The van der Waals surface area contributed by atoms with Crippen LogP contribution in [0.5, 0.6) is 17.2 Å². The number of morpholine rings is 1. The van der Waals surface area contributed by atoms with Gasteiger partial charge in [0, 0.05) is 37.7 Å². The van der Waals surface area contributed by atoms with E-state index in [0.29, 0.717) is 56.3 Å². The normalized spacial score (nSPS) is 13.1. The Kier molecular flexibility index (Phi) is 9.77. The molecule has 0 spiro atoms. The number of hydrogen-bond donors (Lipinski definition) is 1. The maximum absolute atomic E-state index is 13.7. The average molecular weight is 432 g/mol. The van der Waals surface area contributed by atoms with E-state index in [4.69, 9.17) is 19.9 Å². The van der Waals surface area contributed by atoms with Gasteiger partial charge in [-0.3, -0.25) is 4.79 Å². The lowest BCUT2D eigenvalue weighted by Crippen LogP contribution is -2.40. The second-order valence-electron chi connectivity index (χ2n) is 6.83. The number of nitrogen functional groups attached to an aromatic ring is 1. The molecule has 0 bridgehead atoms. The van der Waals surface area contributed by atoms with E-state index < -0.39 is 5.82 Å². The topological polar surface area (TPSA) is 91.1 Å². The Bertz CT molecular complexity index is 869. The van der Waals surface area contributed by atoms with Gasteiger partial charge in [-0.05, 0) is 36.2 Å². The van der Waals surface area contributed by atoms with Crippen molar-refractivity contribution in [1.29, 1.82) is 0 Å². The lowest BCUT2D eigenvalue weighted by molar-refractivity contribution is -0.136. The second-order valence-corrected chi connectivity index (χ2v) is 6.83. The van der Waals surface area contributed by atoms with Crippen molar-refractivity contribution >= 4 is 17.9 Å². The first kappa shape index (κ1) is 24.1. The molecule has 3 rings (SSSR count). The molecule has 0 unspecified atom stereocenters. The number of hydrogen-bond acceptors (Lipinski definition) is 6. The van der Waals surface area contributed by atoms with E-state index in [1.807, 2.05) is 12.1 Å². The average Bonchev–Trinajstić information content (AvgIpc) is 2.80. The van der Waals surface area contributed by atoms with Crippen molar-refractivity contribution < 1.29 is 28.2 Å². The van der Waals surface area contributed by atoms with E-state index in [9.17, 15) is 14.0 Å². The second kappa shape index (κ2) is 12.5. The summed E-state index contributed by atoms with van der Waals surface area (Å²) in [5.41, 5.74) is 6.98. The van der Waals surface area contributed by atoms with Crippen molar-refractivity contribution in [1.82, 2.24) is 4.90 Å². The van der Waals surface area contributed by atoms with Gasteiger partial charge in [0.2, 0.25) is 5.91 Å². The molecule has 7 nitrogen and oxygen atoms in total. The van der Waals surface area contributed by atoms with E-state index in [1.165, 1.54) is 12.1 Å². The largest absolute Gasteiger partial charge is 0.493 e. The number of nitrogens with two attached hydrogens (primary N) is 1. The fourth-order valence-electron chi connectivity index (χ4n) is 2.89. The Hall–Kier alpha value is -3.13. The SMILES string of the molecule is CCc1ccc(Oc2ccc(N)cc2F)c(OC)c1.O=CCCC(=O)N1CCOCC1. The Morgan fingerprint density at radius 1 is 1.16 bits per heavy atom. The van der Waals surface area contributed by atoms with E-state index in [1.54, 1.807) is 24.1 Å². The summed E-state index contributed by atoms with van der Waals surface area (Å²) in [5, 5.41) is 0. The maximum atomic E-state index is 13.7. The lowest BCUT2D eigenvalue weighted by atomic mass is 10.1. The Balaban J connectivity index is 0.000000245. The highest BCUT2D eigenvalue weighted by Crippen LogP contribution is 2.34. The van der Waals surface area contributed by atoms with Crippen LogP contribution in [0, 0.1) is 5.82 Å². The van der Waals surface area contributed by atoms with Crippen LogP contribution in [0.2, 0.25) is 0 Å². The summed E-state index contributed by atoms with van der Waals surface area (Å²) in [7, 11) is 1.56. The number of benzene rings is 2. The highest BCUT2D eigenvalue weighted by Gasteiger charge is 2.15. The predicted octanol–water partition coefficient (Wildman–Crippen LogP) is 3.60. The number of methoxy groups -OCH3 is 1. The summed E-state index contributed by atoms with van der Waals surface area (Å²) in [5.74, 6) is 0.739. The number of amides is 1. The highest BCUT2D eigenvalue weighted by molar-refractivity contribution is 5.78. The molecule has 0 saturated carbocycles. The van der Waals surface area contributed by atoms with Crippen LogP contribution in [-0.4, -0.2) is 50.5 Å². The first-order valence-electron chi connectivity index (χ1n) is 10.2. The van der Waals surface area contributed by atoms with Gasteiger partial charge in [0.05, 0.1) is 20.3 Å². The number of aldehydes is 1. The number of nitrogens with zero attached hydrogens (tertiary/aromatic N) is 1. The zero-order valence-corrected chi connectivity index (χ0v) is 17.9. The molecule has 168 valence electrons. The summed E-state index contributed by atoms with van der Waals surface area (Å²) >= 11 is 0. The van der Waals surface area contributed by atoms with Crippen molar-refractivity contribution in [2.45, 2.75) is 26.2 Å². The summed E-state index contributed by atoms with van der Waals surface area (Å²) in [6.07, 6.45) is 2.34. The summed E-state index contributed by atoms with van der Waals surface area (Å²) in [4.78, 5) is 23.0. The first-order chi connectivity index (χ1) is 15.0. The first-order valence-corrected chi connectivity index (χ1v) is 10.2. The monoisotopic (exact) mass is 432 g/mol. The lowest BCUT2D eigenvalue weighted by Gasteiger charge is -2.26. The zero-order valence-electron chi connectivity index (χ0n) is 17.9. The standard InChI is InChI=1S/C15H16FNO2.C8H13NO3/c1-3-10-4-6-14(15(8-10)18-2)19-13-7-5-11(17)9-12(13)16;10-5-1-2-8(11)9-3-6-12-7-4-9/h4-9H,3,17H2,1-2H3;5H,1-4,6-7H2. The third kappa shape index (κ3) is 7.57. The van der Waals surface area contributed by atoms with Crippen LogP contribution in [0.15, 0.2) is 36.4 Å². The van der Waals surface area contributed by atoms with Crippen molar-refractivity contribution in [3.8, 4) is 17.2 Å². The van der Waals surface area contributed by atoms with Crippen LogP contribution >= 0.6 is 0 Å². The van der Waals surface area contributed by atoms with Gasteiger partial charge in [-0.15, -0.1) is 0 Å². The molecule has 31 heavy (non-hydrogen) atoms. The van der Waals surface area contributed by atoms with Crippen LogP contribution in [0.3, 0.4) is 0 Å². The molecule has 2 aromatic rings. The third-order valence-corrected chi connectivity index (χ3v) is 4.65. The molecule has 8 heteroatoms. The number of rotatable bonds is 7. The van der Waals surface area contributed by atoms with Crippen LogP contribution < -0.4 is 15.2 Å². The molecule has 0 atom stereocenters. The van der Waals surface area contributed by atoms with Crippen molar-refractivity contribution in [2.75, 3.05) is 39.1 Å². The van der Waals surface area contributed by atoms with Gasteiger partial charge in [0.15, 0.2) is 23.1 Å². The molecule has 1 amide bonds. The molecular formula is C23H29FN2O5. The quantitative estimate of drug-likeness (QED) is 0.531. The number of carbonyl (C=O) groups excluding carboxylic acids is 2. The van der Waals surface area contributed by atoms with Crippen LogP contribution in [0.4, 0.5) is 10.1 Å². The highest BCUT2D eigenvalue weighted by atomic mass is 19.1. The van der Waals surface area contributed by atoms with Crippen LogP contribution in [0.25, 0.3) is 0 Å². The van der Waals surface area contributed by atoms with E-state index in [0.717, 1.165) is 18.3 Å². The molecular weight excluding hydrogens is 403 g/mol. The smallest absolute Gasteiger partial charge is 0.223 e. The predicted molar refractivity (Wildman–Crippen MR) is 116 cm³/mol. The number of halogens is 1. The van der Waals surface area contributed by atoms with Crippen molar-refractivity contribution in [2.24, 2.45) is 0 Å². The molecule has 1 heterocycles. The molecule has 1 aliphatic heterocycles. The molecule has 1 aliphatic rings. The third-order valence-electron chi connectivity index (χ3n) is 4.65. The molecule has 0 radical (unpaired) electrons. The van der Waals surface area contributed by atoms with E-state index >= 15 is 0 Å². The number of carbonyl (C=O) groups is 2. The Morgan fingerprint density at radius 3 is 2.48 bits per heavy atom. The minimum atomic E-state index is -0.498. The number of aryl methyl sites for hydroxylation is 1. The van der Waals surface area contributed by atoms with Gasteiger partial charge in [0.25, 0.3) is 0 Å². The molecule has 0 aromatic heterocycles. The van der Waals surface area contributed by atoms with Gasteiger partial charge in [0.1, 0.15) is 6.29 Å². The van der Waals surface area contributed by atoms with Gasteiger partial charge in [-0.1, -0.05) is 13.0 Å². The van der Waals surface area contributed by atoms with E-state index in [-0.39, 0.29) is 11.7 Å². The molecule has 2 N–H and O–H groups in total. The summed E-state index contributed by atoms with van der Waals surface area (Å²) < 4.78 is 29.5. The van der Waals surface area contributed by atoms with Crippen LogP contribution in [-0.2, 0) is 20.7 Å². The number of ether oxygens (including phenoxy) is 3. The summed E-state index contributed by atoms with van der Waals surface area (Å²) in [6.45, 7) is 4.62. The fourth-order valence-corrected chi connectivity index (χ4v) is 2.89. The van der Waals surface area contributed by atoms with E-state index in [2.05, 4.69) is 6.92 Å². The van der Waals surface area contributed by atoms with Gasteiger partial charge < -0.3 is 29.6 Å². The Morgan fingerprint density at radius 2 is 1.87 bits per heavy atom. The molecule has 2 aromatic carbocycles. The Labute approximate surface area is 181 Å². The maximum Gasteiger partial charge on any atom is 0.223 e. The summed E-state index contributed by atoms with van der Waals surface area (Å²) in [6, 6.07) is 9.89. The van der Waals surface area contributed by atoms with Gasteiger partial charge in [-0.25, -0.2) is 4.39 Å². The minimum absolute atomic E-state index is 0.0606. The van der Waals surface area contributed by atoms with Gasteiger partial charge >= 0.3 is 0 Å². The number of anilines is 1.